The molecule has 2 aromatic carbocycles. The third-order valence-electron chi connectivity index (χ3n) is 4.45. The molecule has 5 nitrogen and oxygen atoms in total. The van der Waals surface area contributed by atoms with Crippen LogP contribution in [-0.2, 0) is 0 Å². The Labute approximate surface area is 189 Å². The van der Waals surface area contributed by atoms with Gasteiger partial charge in [-0.05, 0) is 61.0 Å². The lowest BCUT2D eigenvalue weighted by molar-refractivity contribution is 0.344. The minimum absolute atomic E-state index is 0.526. The Morgan fingerprint density at radius 3 is 2.50 bits per heavy atom. The van der Waals surface area contributed by atoms with Gasteiger partial charge in [0.1, 0.15) is 5.75 Å². The molecule has 0 radical (unpaired) electrons. The van der Waals surface area contributed by atoms with Gasteiger partial charge in [0, 0.05) is 33.8 Å². The van der Waals surface area contributed by atoms with Gasteiger partial charge in [0.2, 0.25) is 0 Å². The van der Waals surface area contributed by atoms with Crippen molar-refractivity contribution in [3.05, 3.63) is 82.6 Å². The van der Waals surface area contributed by atoms with Crippen LogP contribution in [0.5, 0.6) is 5.75 Å². The van der Waals surface area contributed by atoms with Gasteiger partial charge in [-0.25, -0.2) is 0 Å². The van der Waals surface area contributed by atoms with Gasteiger partial charge in [0.15, 0.2) is 11.0 Å². The normalized spacial score (nSPS) is 10.9. The van der Waals surface area contributed by atoms with Crippen LogP contribution >= 0.6 is 35.0 Å². The molecular formula is C22H18Cl2N4OS. The molecule has 0 N–H and O–H groups in total. The van der Waals surface area contributed by atoms with E-state index in [1.807, 2.05) is 66.1 Å². The quantitative estimate of drug-likeness (QED) is 0.247. The third-order valence-corrected chi connectivity index (χ3v) is 6.00. The molecule has 0 aliphatic carbocycles. The van der Waals surface area contributed by atoms with Gasteiger partial charge in [0.05, 0.1) is 12.3 Å². The van der Waals surface area contributed by atoms with E-state index in [1.54, 1.807) is 24.2 Å². The summed E-state index contributed by atoms with van der Waals surface area (Å²) in [6.45, 7) is 2.52. The zero-order chi connectivity index (χ0) is 20.9. The SMILES string of the molecule is Cc1c(Cl)cccc1-n1c(SCCOc2ccc(Cl)cc2)nnc1-c1ccncc1. The van der Waals surface area contributed by atoms with Gasteiger partial charge >= 0.3 is 0 Å². The van der Waals surface area contributed by atoms with Crippen molar-refractivity contribution in [1.82, 2.24) is 19.7 Å². The molecule has 2 aromatic heterocycles. The molecule has 2 heterocycles. The second kappa shape index (κ2) is 9.51. The van der Waals surface area contributed by atoms with Gasteiger partial charge in [-0.15, -0.1) is 10.2 Å². The maximum atomic E-state index is 6.39. The summed E-state index contributed by atoms with van der Waals surface area (Å²) in [6, 6.07) is 17.0. The number of pyridine rings is 1. The maximum absolute atomic E-state index is 6.39. The molecular weight excluding hydrogens is 439 g/mol. The van der Waals surface area contributed by atoms with Crippen LogP contribution < -0.4 is 4.74 Å². The molecule has 0 unspecified atom stereocenters. The van der Waals surface area contributed by atoms with E-state index in [9.17, 15) is 0 Å². The Morgan fingerprint density at radius 2 is 1.73 bits per heavy atom. The van der Waals surface area contributed by atoms with Crippen molar-refractivity contribution in [1.29, 1.82) is 0 Å². The molecule has 0 spiro atoms. The number of aromatic nitrogens is 4. The van der Waals surface area contributed by atoms with Crippen molar-refractivity contribution in [2.24, 2.45) is 0 Å². The van der Waals surface area contributed by atoms with Crippen LogP contribution in [0.15, 0.2) is 72.1 Å². The molecule has 0 saturated carbocycles. The monoisotopic (exact) mass is 456 g/mol. The zero-order valence-corrected chi connectivity index (χ0v) is 18.5. The topological polar surface area (TPSA) is 52.8 Å². The highest BCUT2D eigenvalue weighted by molar-refractivity contribution is 7.99. The number of rotatable bonds is 7. The first kappa shape index (κ1) is 20.7. The molecule has 4 aromatic rings. The Balaban J connectivity index is 1.59. The first-order valence-corrected chi connectivity index (χ1v) is 11.0. The van der Waals surface area contributed by atoms with E-state index in [2.05, 4.69) is 15.2 Å². The molecule has 30 heavy (non-hydrogen) atoms. The number of hydrogen-bond donors (Lipinski definition) is 0. The van der Waals surface area contributed by atoms with E-state index in [0.717, 1.165) is 33.5 Å². The first-order chi connectivity index (χ1) is 14.6. The van der Waals surface area contributed by atoms with Crippen LogP contribution in [0.3, 0.4) is 0 Å². The van der Waals surface area contributed by atoms with Gasteiger partial charge in [-0.2, -0.15) is 0 Å². The molecule has 0 amide bonds. The molecule has 0 aliphatic heterocycles. The second-order valence-electron chi connectivity index (χ2n) is 6.41. The fraction of sp³-hybridized carbons (Fsp3) is 0.136. The predicted molar refractivity (Wildman–Crippen MR) is 122 cm³/mol. The molecule has 0 bridgehead atoms. The molecule has 0 saturated heterocycles. The fourth-order valence-electron chi connectivity index (χ4n) is 2.93. The number of halogens is 2. The van der Waals surface area contributed by atoms with Crippen molar-refractivity contribution < 1.29 is 4.74 Å². The largest absolute Gasteiger partial charge is 0.493 e. The van der Waals surface area contributed by atoms with Crippen molar-refractivity contribution in [2.75, 3.05) is 12.4 Å². The van der Waals surface area contributed by atoms with E-state index in [-0.39, 0.29) is 0 Å². The number of thioether (sulfide) groups is 1. The highest BCUT2D eigenvalue weighted by Crippen LogP contribution is 2.31. The molecule has 8 heteroatoms. The lowest BCUT2D eigenvalue weighted by atomic mass is 10.2. The van der Waals surface area contributed by atoms with Crippen molar-refractivity contribution in [2.45, 2.75) is 12.1 Å². The van der Waals surface area contributed by atoms with Crippen LogP contribution in [0.25, 0.3) is 17.1 Å². The predicted octanol–water partition coefficient (Wildman–Crippen LogP) is 6.12. The standard InChI is InChI=1S/C22H18Cl2N4OS/c1-15-19(24)3-2-4-20(15)28-21(16-9-11-25-12-10-16)26-27-22(28)30-14-13-29-18-7-5-17(23)6-8-18/h2-12H,13-14H2,1H3. The molecule has 4 rings (SSSR count). The van der Waals surface area contributed by atoms with Crippen LogP contribution in [0.4, 0.5) is 0 Å². The lowest BCUT2D eigenvalue weighted by Gasteiger charge is -2.14. The molecule has 0 fully saturated rings. The lowest BCUT2D eigenvalue weighted by Crippen LogP contribution is -2.05. The summed E-state index contributed by atoms with van der Waals surface area (Å²) in [5, 5.41) is 11.0. The van der Waals surface area contributed by atoms with Gasteiger partial charge in [-0.1, -0.05) is 41.0 Å². The fourth-order valence-corrected chi connectivity index (χ4v) is 3.99. The maximum Gasteiger partial charge on any atom is 0.196 e. The molecule has 0 atom stereocenters. The molecule has 152 valence electrons. The van der Waals surface area contributed by atoms with E-state index in [0.29, 0.717) is 22.4 Å². The average Bonchev–Trinajstić information content (AvgIpc) is 3.19. The number of hydrogen-bond acceptors (Lipinski definition) is 5. The van der Waals surface area contributed by atoms with Crippen LogP contribution in [0.2, 0.25) is 10.0 Å². The summed E-state index contributed by atoms with van der Waals surface area (Å²) < 4.78 is 7.83. The number of benzene rings is 2. The number of nitrogens with zero attached hydrogens (tertiary/aromatic N) is 4. The van der Waals surface area contributed by atoms with E-state index in [4.69, 9.17) is 27.9 Å². The van der Waals surface area contributed by atoms with Gasteiger partial charge < -0.3 is 4.74 Å². The van der Waals surface area contributed by atoms with E-state index in [1.165, 1.54) is 0 Å². The Bertz CT molecular complexity index is 1130. The summed E-state index contributed by atoms with van der Waals surface area (Å²) in [5.41, 5.74) is 2.84. The van der Waals surface area contributed by atoms with Crippen LogP contribution in [0, 0.1) is 6.92 Å². The van der Waals surface area contributed by atoms with Crippen LogP contribution in [-0.4, -0.2) is 32.1 Å². The van der Waals surface area contributed by atoms with E-state index < -0.39 is 0 Å². The Hall–Kier alpha value is -2.54. The average molecular weight is 457 g/mol. The van der Waals surface area contributed by atoms with Crippen molar-refractivity contribution in [3.8, 4) is 22.8 Å². The van der Waals surface area contributed by atoms with Crippen molar-refractivity contribution >= 4 is 35.0 Å². The van der Waals surface area contributed by atoms with Crippen LogP contribution in [0.1, 0.15) is 5.56 Å². The first-order valence-electron chi connectivity index (χ1n) is 9.26. The van der Waals surface area contributed by atoms with Gasteiger partial charge in [-0.3, -0.25) is 9.55 Å². The summed E-state index contributed by atoms with van der Waals surface area (Å²) in [4.78, 5) is 4.10. The molecule has 0 aliphatic rings. The van der Waals surface area contributed by atoms with Gasteiger partial charge in [0.25, 0.3) is 0 Å². The minimum Gasteiger partial charge on any atom is -0.493 e. The summed E-state index contributed by atoms with van der Waals surface area (Å²) in [5.74, 6) is 2.23. The summed E-state index contributed by atoms with van der Waals surface area (Å²) in [6.07, 6.45) is 3.48. The smallest absolute Gasteiger partial charge is 0.196 e. The highest BCUT2D eigenvalue weighted by Gasteiger charge is 2.18. The zero-order valence-electron chi connectivity index (χ0n) is 16.1. The minimum atomic E-state index is 0.526. The second-order valence-corrected chi connectivity index (χ2v) is 8.32. The van der Waals surface area contributed by atoms with E-state index >= 15 is 0 Å². The Morgan fingerprint density at radius 1 is 0.967 bits per heavy atom. The summed E-state index contributed by atoms with van der Waals surface area (Å²) in [7, 11) is 0. The van der Waals surface area contributed by atoms with Crippen molar-refractivity contribution in [3.63, 3.8) is 0 Å². The Kier molecular flexibility index (Phi) is 6.57. The third kappa shape index (κ3) is 4.61. The summed E-state index contributed by atoms with van der Waals surface area (Å²) >= 11 is 13.9. The highest BCUT2D eigenvalue weighted by atomic mass is 35.5. The number of ether oxygens (including phenoxy) is 1.